The Morgan fingerprint density at radius 2 is 1.83 bits per heavy atom. The van der Waals surface area contributed by atoms with Crippen molar-refractivity contribution in [3.05, 3.63) is 40.9 Å². The number of esters is 2. The van der Waals surface area contributed by atoms with Gasteiger partial charge in [0.05, 0.1) is 23.6 Å². The van der Waals surface area contributed by atoms with E-state index in [0.29, 0.717) is 16.3 Å². The molecular formula is C20H18ClNO7. The zero-order chi connectivity index (χ0) is 21.1. The van der Waals surface area contributed by atoms with Gasteiger partial charge in [-0.1, -0.05) is 23.7 Å². The molecule has 0 aliphatic carbocycles. The van der Waals surface area contributed by atoms with Gasteiger partial charge in [-0.25, -0.2) is 4.90 Å². The molecule has 2 amide bonds. The van der Waals surface area contributed by atoms with Gasteiger partial charge in [0.2, 0.25) is 11.8 Å². The first-order chi connectivity index (χ1) is 13.7. The molecule has 29 heavy (non-hydrogen) atoms. The number of halogens is 1. The smallest absolute Gasteiger partial charge is 0.305 e. The number of hydrogen-bond acceptors (Lipinski definition) is 7. The topological polar surface area (TPSA) is 99.2 Å². The fourth-order valence-electron chi connectivity index (χ4n) is 4.28. The van der Waals surface area contributed by atoms with Gasteiger partial charge < -0.3 is 14.2 Å². The number of hydrogen-bond donors (Lipinski definition) is 0. The number of imide groups is 1. The van der Waals surface area contributed by atoms with Gasteiger partial charge >= 0.3 is 11.9 Å². The van der Waals surface area contributed by atoms with Crippen LogP contribution in [0.3, 0.4) is 0 Å². The van der Waals surface area contributed by atoms with Crippen LogP contribution in [0.5, 0.6) is 0 Å². The van der Waals surface area contributed by atoms with Gasteiger partial charge in [0.15, 0.2) is 5.60 Å². The van der Waals surface area contributed by atoms with Gasteiger partial charge in [0, 0.05) is 18.9 Å². The standard InChI is InChI=1S/C20H18ClNO7/c1-9-4-5-12(21)8-13(9)22-17(25)15-14-6-7-20(29-14,16(15)18(22)26)19(27-10(2)23)28-11(3)24/h4-8,14-16,19H,1-3H3/t14-,15-,16+,20+/m0/s1. The molecule has 0 spiro atoms. The summed E-state index contributed by atoms with van der Waals surface area (Å²) in [5.41, 5.74) is -0.489. The quantitative estimate of drug-likeness (QED) is 0.318. The average Bonchev–Trinajstić information content (AvgIpc) is 3.27. The lowest BCUT2D eigenvalue weighted by molar-refractivity contribution is -0.226. The van der Waals surface area contributed by atoms with Crippen molar-refractivity contribution >= 4 is 41.0 Å². The molecule has 0 radical (unpaired) electrons. The SMILES string of the molecule is CC(=O)OC(OC(C)=O)[C@]12C=C[C@H](O1)[C@@H]1C(=O)N(c3cc(Cl)ccc3C)C(=O)[C@@H]12. The van der Waals surface area contributed by atoms with E-state index in [1.165, 1.54) is 6.08 Å². The maximum atomic E-state index is 13.4. The summed E-state index contributed by atoms with van der Waals surface area (Å²) in [4.78, 5) is 50.9. The molecule has 152 valence electrons. The number of nitrogens with zero attached hydrogens (tertiary/aromatic N) is 1. The molecule has 0 saturated carbocycles. The van der Waals surface area contributed by atoms with Crippen LogP contribution in [0.2, 0.25) is 5.02 Å². The van der Waals surface area contributed by atoms with Gasteiger partial charge in [-0.2, -0.15) is 0 Å². The monoisotopic (exact) mass is 419 g/mol. The minimum absolute atomic E-state index is 0.382. The van der Waals surface area contributed by atoms with Crippen molar-refractivity contribution in [2.75, 3.05) is 4.90 Å². The van der Waals surface area contributed by atoms with Crippen molar-refractivity contribution in [2.45, 2.75) is 38.8 Å². The summed E-state index contributed by atoms with van der Waals surface area (Å²) >= 11 is 6.07. The number of carbonyl (C=O) groups excluding carboxylic acids is 4. The molecule has 8 nitrogen and oxygen atoms in total. The molecule has 4 atom stereocenters. The van der Waals surface area contributed by atoms with E-state index in [1.807, 2.05) is 0 Å². The lowest BCUT2D eigenvalue weighted by atomic mass is 9.76. The van der Waals surface area contributed by atoms with Crippen molar-refractivity contribution in [3.8, 4) is 0 Å². The molecule has 1 aromatic carbocycles. The normalized spacial score (nSPS) is 29.6. The van der Waals surface area contributed by atoms with E-state index in [1.54, 1.807) is 31.2 Å². The number of ether oxygens (including phenoxy) is 3. The van der Waals surface area contributed by atoms with Crippen LogP contribution in [0.4, 0.5) is 5.69 Å². The van der Waals surface area contributed by atoms with E-state index in [9.17, 15) is 19.2 Å². The highest BCUT2D eigenvalue weighted by molar-refractivity contribution is 6.31. The fourth-order valence-corrected chi connectivity index (χ4v) is 4.44. The number of benzene rings is 1. The summed E-state index contributed by atoms with van der Waals surface area (Å²) in [5, 5.41) is 0.382. The van der Waals surface area contributed by atoms with E-state index in [0.717, 1.165) is 18.7 Å². The average molecular weight is 420 g/mol. The van der Waals surface area contributed by atoms with Crippen LogP contribution >= 0.6 is 11.6 Å². The van der Waals surface area contributed by atoms with Crippen molar-refractivity contribution in [1.82, 2.24) is 0 Å². The summed E-state index contributed by atoms with van der Waals surface area (Å²) in [5.74, 6) is -4.22. The number of amides is 2. The van der Waals surface area contributed by atoms with Crippen molar-refractivity contribution < 1.29 is 33.4 Å². The first-order valence-corrected chi connectivity index (χ1v) is 9.39. The maximum Gasteiger partial charge on any atom is 0.305 e. The molecule has 3 heterocycles. The van der Waals surface area contributed by atoms with E-state index in [-0.39, 0.29) is 0 Å². The lowest BCUT2D eigenvalue weighted by Crippen LogP contribution is -2.52. The zero-order valence-electron chi connectivity index (χ0n) is 15.9. The summed E-state index contributed by atoms with van der Waals surface area (Å²) in [6.45, 7) is 4.07. The van der Waals surface area contributed by atoms with Gasteiger partial charge in [-0.3, -0.25) is 19.2 Å². The predicted octanol–water partition coefficient (Wildman–Crippen LogP) is 1.91. The Labute approximate surface area is 171 Å². The Morgan fingerprint density at radius 1 is 1.17 bits per heavy atom. The van der Waals surface area contributed by atoms with E-state index >= 15 is 0 Å². The summed E-state index contributed by atoms with van der Waals surface area (Å²) in [7, 11) is 0. The Bertz CT molecular complexity index is 958. The van der Waals surface area contributed by atoms with Crippen LogP contribution in [-0.4, -0.2) is 41.7 Å². The second-order valence-corrected chi connectivity index (χ2v) is 7.73. The van der Waals surface area contributed by atoms with Crippen LogP contribution in [0.15, 0.2) is 30.4 Å². The Hall–Kier alpha value is -2.71. The third-order valence-electron chi connectivity index (χ3n) is 5.40. The van der Waals surface area contributed by atoms with Crippen LogP contribution in [0, 0.1) is 18.8 Å². The van der Waals surface area contributed by atoms with Crippen molar-refractivity contribution in [1.29, 1.82) is 0 Å². The molecular weight excluding hydrogens is 402 g/mol. The second-order valence-electron chi connectivity index (χ2n) is 7.29. The molecule has 3 aliphatic heterocycles. The van der Waals surface area contributed by atoms with E-state index in [4.69, 9.17) is 25.8 Å². The molecule has 4 rings (SSSR count). The third kappa shape index (κ3) is 2.86. The van der Waals surface area contributed by atoms with Gasteiger partial charge in [-0.05, 0) is 30.7 Å². The third-order valence-corrected chi connectivity index (χ3v) is 5.64. The van der Waals surface area contributed by atoms with E-state index in [2.05, 4.69) is 0 Å². The molecule has 2 bridgehead atoms. The van der Waals surface area contributed by atoms with Gasteiger partial charge in [-0.15, -0.1) is 0 Å². The van der Waals surface area contributed by atoms with Crippen molar-refractivity contribution in [3.63, 3.8) is 0 Å². The first-order valence-electron chi connectivity index (χ1n) is 9.01. The molecule has 0 unspecified atom stereocenters. The first kappa shape index (κ1) is 19.6. The van der Waals surface area contributed by atoms with Crippen LogP contribution in [0.1, 0.15) is 19.4 Å². The van der Waals surface area contributed by atoms with Crippen LogP contribution in [0.25, 0.3) is 0 Å². The van der Waals surface area contributed by atoms with Crippen LogP contribution in [-0.2, 0) is 33.4 Å². The number of carbonyl (C=O) groups is 4. The predicted molar refractivity (Wildman–Crippen MR) is 99.7 cm³/mol. The summed E-state index contributed by atoms with van der Waals surface area (Å²) in [6.07, 6.45) is 0.968. The molecule has 9 heteroatoms. The number of rotatable bonds is 4. The zero-order valence-corrected chi connectivity index (χ0v) is 16.6. The Balaban J connectivity index is 1.77. The number of fused-ring (bicyclic) bond motifs is 5. The molecule has 3 aliphatic rings. The molecule has 0 aromatic heterocycles. The Morgan fingerprint density at radius 3 is 2.45 bits per heavy atom. The molecule has 2 fully saturated rings. The lowest BCUT2D eigenvalue weighted by Gasteiger charge is -2.34. The minimum Gasteiger partial charge on any atom is -0.422 e. The van der Waals surface area contributed by atoms with Gasteiger partial charge in [0.25, 0.3) is 6.29 Å². The van der Waals surface area contributed by atoms with Crippen molar-refractivity contribution in [2.24, 2.45) is 11.8 Å². The largest absolute Gasteiger partial charge is 0.422 e. The number of anilines is 1. The molecule has 1 aromatic rings. The summed E-state index contributed by atoms with van der Waals surface area (Å²) in [6, 6.07) is 4.93. The highest BCUT2D eigenvalue weighted by Gasteiger charge is 2.72. The molecule has 2 saturated heterocycles. The number of aryl methyl sites for hydroxylation is 1. The summed E-state index contributed by atoms with van der Waals surface area (Å²) < 4.78 is 16.3. The van der Waals surface area contributed by atoms with E-state index < -0.39 is 53.6 Å². The Kier molecular flexibility index (Phi) is 4.51. The highest BCUT2D eigenvalue weighted by atomic mass is 35.5. The van der Waals surface area contributed by atoms with Gasteiger partial charge in [0.1, 0.15) is 0 Å². The highest BCUT2D eigenvalue weighted by Crippen LogP contribution is 2.55. The molecule has 0 N–H and O–H groups in total. The second kappa shape index (κ2) is 6.67. The fraction of sp³-hybridized carbons (Fsp3) is 0.400. The maximum absolute atomic E-state index is 13.4. The van der Waals surface area contributed by atoms with Crippen LogP contribution < -0.4 is 4.90 Å². The minimum atomic E-state index is -1.57.